The molecule has 17 heavy (non-hydrogen) atoms. The van der Waals surface area contributed by atoms with E-state index in [0.29, 0.717) is 17.7 Å². The van der Waals surface area contributed by atoms with Crippen LogP contribution >= 0.6 is 0 Å². The van der Waals surface area contributed by atoms with Crippen molar-refractivity contribution in [1.82, 2.24) is 4.98 Å². The van der Waals surface area contributed by atoms with Crippen molar-refractivity contribution in [2.24, 2.45) is 0 Å². The van der Waals surface area contributed by atoms with Crippen LogP contribution in [-0.2, 0) is 4.79 Å². The van der Waals surface area contributed by atoms with Crippen LogP contribution in [0.4, 0.5) is 5.69 Å². The van der Waals surface area contributed by atoms with Gasteiger partial charge in [-0.1, -0.05) is 13.3 Å². The number of hydrogen-bond acceptors (Lipinski definition) is 3. The topological polar surface area (TPSA) is 50.3 Å². The van der Waals surface area contributed by atoms with Gasteiger partial charge in [-0.2, -0.15) is 0 Å². The van der Waals surface area contributed by atoms with Gasteiger partial charge in [0, 0.05) is 25.2 Å². The molecule has 0 radical (unpaired) electrons. The van der Waals surface area contributed by atoms with Crippen molar-refractivity contribution in [3.63, 3.8) is 0 Å². The van der Waals surface area contributed by atoms with Gasteiger partial charge in [0.05, 0.1) is 11.4 Å². The Hall–Kier alpha value is -1.71. The summed E-state index contributed by atoms with van der Waals surface area (Å²) >= 11 is 0. The molecule has 1 amide bonds. The minimum Gasteiger partial charge on any atom is -0.314 e. The molecule has 4 heteroatoms. The number of pyridine rings is 1. The third kappa shape index (κ3) is 3.37. The zero-order chi connectivity index (χ0) is 12.8. The number of carbonyl (C=O) groups is 2. The van der Waals surface area contributed by atoms with Gasteiger partial charge in [0.15, 0.2) is 6.29 Å². The second kappa shape index (κ2) is 6.13. The van der Waals surface area contributed by atoms with Gasteiger partial charge in [-0.3, -0.25) is 14.6 Å². The molecule has 1 aromatic rings. The number of hydrogen-bond donors (Lipinski definition) is 0. The van der Waals surface area contributed by atoms with E-state index < -0.39 is 0 Å². The zero-order valence-electron chi connectivity index (χ0n) is 10.6. The second-order valence-corrected chi connectivity index (χ2v) is 4.05. The van der Waals surface area contributed by atoms with Crippen LogP contribution in [0.3, 0.4) is 0 Å². The maximum absolute atomic E-state index is 11.9. The Morgan fingerprint density at radius 3 is 2.82 bits per heavy atom. The summed E-state index contributed by atoms with van der Waals surface area (Å²) in [6, 6.07) is 1.69. The minimum atomic E-state index is 0.0554. The summed E-state index contributed by atoms with van der Waals surface area (Å²) in [5.74, 6) is 0.0554. The highest BCUT2D eigenvalue weighted by Crippen LogP contribution is 2.18. The maximum atomic E-state index is 11.9. The molecule has 0 N–H and O–H groups in total. The number of aldehydes is 1. The first-order chi connectivity index (χ1) is 8.10. The standard InChI is InChI=1S/C13H18N2O2/c1-4-5-6-13(17)15(3)12-7-11(9-16)8-14-10(12)2/h7-9H,4-6H2,1-3H3. The van der Waals surface area contributed by atoms with Crippen molar-refractivity contribution in [2.75, 3.05) is 11.9 Å². The number of aryl methyl sites for hydroxylation is 1. The van der Waals surface area contributed by atoms with Crippen molar-refractivity contribution >= 4 is 17.9 Å². The Morgan fingerprint density at radius 2 is 2.24 bits per heavy atom. The van der Waals surface area contributed by atoms with E-state index in [4.69, 9.17) is 0 Å². The van der Waals surface area contributed by atoms with E-state index in [9.17, 15) is 9.59 Å². The molecule has 0 aromatic carbocycles. The van der Waals surface area contributed by atoms with Gasteiger partial charge in [-0.25, -0.2) is 0 Å². The van der Waals surface area contributed by atoms with E-state index in [1.54, 1.807) is 18.0 Å². The molecule has 0 saturated carbocycles. The number of amides is 1. The molecule has 0 unspecified atom stereocenters. The number of nitrogens with zero attached hydrogens (tertiary/aromatic N) is 2. The Kier molecular flexibility index (Phi) is 4.82. The smallest absolute Gasteiger partial charge is 0.226 e. The zero-order valence-corrected chi connectivity index (χ0v) is 10.6. The SMILES string of the molecule is CCCCC(=O)N(C)c1cc(C=O)cnc1C. The highest BCUT2D eigenvalue weighted by molar-refractivity contribution is 5.94. The Balaban J connectivity index is 2.90. The molecule has 1 rings (SSSR count). The van der Waals surface area contributed by atoms with Gasteiger partial charge in [0.2, 0.25) is 5.91 Å². The number of unbranched alkanes of at least 4 members (excludes halogenated alkanes) is 1. The highest BCUT2D eigenvalue weighted by Gasteiger charge is 2.13. The van der Waals surface area contributed by atoms with E-state index in [0.717, 1.165) is 24.8 Å². The number of carbonyl (C=O) groups excluding carboxylic acids is 2. The largest absolute Gasteiger partial charge is 0.314 e. The molecule has 4 nitrogen and oxygen atoms in total. The first kappa shape index (κ1) is 13.4. The normalized spacial score (nSPS) is 10.1. The van der Waals surface area contributed by atoms with Crippen LogP contribution in [-0.4, -0.2) is 24.2 Å². The fourth-order valence-electron chi connectivity index (χ4n) is 1.57. The summed E-state index contributed by atoms with van der Waals surface area (Å²) in [6.07, 6.45) is 4.64. The highest BCUT2D eigenvalue weighted by atomic mass is 16.2. The fourth-order valence-corrected chi connectivity index (χ4v) is 1.57. The molecule has 0 spiro atoms. The average Bonchev–Trinajstić information content (AvgIpc) is 2.35. The second-order valence-electron chi connectivity index (χ2n) is 4.05. The average molecular weight is 234 g/mol. The Bertz CT molecular complexity index is 416. The van der Waals surface area contributed by atoms with Crippen molar-refractivity contribution in [3.05, 3.63) is 23.5 Å². The molecule has 0 aliphatic heterocycles. The van der Waals surface area contributed by atoms with Crippen molar-refractivity contribution < 1.29 is 9.59 Å². The van der Waals surface area contributed by atoms with E-state index >= 15 is 0 Å². The van der Waals surface area contributed by atoms with E-state index in [-0.39, 0.29) is 5.91 Å². The minimum absolute atomic E-state index is 0.0554. The predicted molar refractivity (Wildman–Crippen MR) is 67.3 cm³/mol. The van der Waals surface area contributed by atoms with Crippen molar-refractivity contribution in [2.45, 2.75) is 33.1 Å². The van der Waals surface area contributed by atoms with Crippen LogP contribution in [0.5, 0.6) is 0 Å². The van der Waals surface area contributed by atoms with Gasteiger partial charge in [-0.15, -0.1) is 0 Å². The van der Waals surface area contributed by atoms with Crippen LogP contribution in [0.1, 0.15) is 42.2 Å². The molecule has 0 atom stereocenters. The quantitative estimate of drug-likeness (QED) is 0.735. The molecule has 0 bridgehead atoms. The van der Waals surface area contributed by atoms with Gasteiger partial charge in [0.25, 0.3) is 0 Å². The van der Waals surface area contributed by atoms with Crippen LogP contribution in [0.25, 0.3) is 0 Å². The van der Waals surface area contributed by atoms with E-state index in [1.165, 1.54) is 6.20 Å². The lowest BCUT2D eigenvalue weighted by Gasteiger charge is -2.19. The number of anilines is 1. The summed E-state index contributed by atoms with van der Waals surface area (Å²) in [4.78, 5) is 28.2. The summed E-state index contributed by atoms with van der Waals surface area (Å²) in [5.41, 5.74) is 1.94. The lowest BCUT2D eigenvalue weighted by Crippen LogP contribution is -2.27. The number of rotatable bonds is 5. The van der Waals surface area contributed by atoms with Crippen LogP contribution in [0.2, 0.25) is 0 Å². The Labute approximate surface area is 102 Å². The van der Waals surface area contributed by atoms with Crippen LogP contribution in [0.15, 0.2) is 12.3 Å². The van der Waals surface area contributed by atoms with Crippen molar-refractivity contribution in [3.8, 4) is 0 Å². The molecule has 0 aliphatic rings. The molecule has 0 saturated heterocycles. The summed E-state index contributed by atoms with van der Waals surface area (Å²) in [7, 11) is 1.72. The van der Waals surface area contributed by atoms with Gasteiger partial charge < -0.3 is 4.90 Å². The molecule has 0 fully saturated rings. The fraction of sp³-hybridized carbons (Fsp3) is 0.462. The molecule has 92 valence electrons. The van der Waals surface area contributed by atoms with Gasteiger partial charge in [0.1, 0.15) is 0 Å². The summed E-state index contributed by atoms with van der Waals surface area (Å²) < 4.78 is 0. The third-order valence-corrected chi connectivity index (χ3v) is 2.70. The molecule has 1 aromatic heterocycles. The van der Waals surface area contributed by atoms with Gasteiger partial charge >= 0.3 is 0 Å². The molecular formula is C13H18N2O2. The van der Waals surface area contributed by atoms with Crippen molar-refractivity contribution in [1.29, 1.82) is 0 Å². The van der Waals surface area contributed by atoms with Gasteiger partial charge in [-0.05, 0) is 19.4 Å². The lowest BCUT2D eigenvalue weighted by molar-refractivity contribution is -0.118. The number of aromatic nitrogens is 1. The summed E-state index contributed by atoms with van der Waals surface area (Å²) in [6.45, 7) is 3.88. The van der Waals surface area contributed by atoms with E-state index in [2.05, 4.69) is 4.98 Å². The maximum Gasteiger partial charge on any atom is 0.226 e. The first-order valence-electron chi connectivity index (χ1n) is 5.78. The van der Waals surface area contributed by atoms with E-state index in [1.807, 2.05) is 13.8 Å². The predicted octanol–water partition coefficient (Wildman–Crippen LogP) is 2.36. The molecular weight excluding hydrogens is 216 g/mol. The first-order valence-corrected chi connectivity index (χ1v) is 5.78. The monoisotopic (exact) mass is 234 g/mol. The summed E-state index contributed by atoms with van der Waals surface area (Å²) in [5, 5.41) is 0. The van der Waals surface area contributed by atoms with Crippen LogP contribution < -0.4 is 4.90 Å². The Morgan fingerprint density at radius 1 is 1.53 bits per heavy atom. The third-order valence-electron chi connectivity index (χ3n) is 2.70. The molecule has 0 aliphatic carbocycles. The molecule has 1 heterocycles. The van der Waals surface area contributed by atoms with Crippen LogP contribution in [0, 0.1) is 6.92 Å². The lowest BCUT2D eigenvalue weighted by atomic mass is 10.2.